The highest BCUT2D eigenvalue weighted by molar-refractivity contribution is 5.28. The van der Waals surface area contributed by atoms with Gasteiger partial charge in [-0.05, 0) is 32.0 Å². The zero-order valence-electron chi connectivity index (χ0n) is 11.8. The number of nitrogens with zero attached hydrogens (tertiary/aromatic N) is 1. The second-order valence-corrected chi connectivity index (χ2v) is 5.01. The van der Waals surface area contributed by atoms with E-state index in [0.717, 1.165) is 13.1 Å². The van der Waals surface area contributed by atoms with E-state index in [1.807, 2.05) is 0 Å². The van der Waals surface area contributed by atoms with Crippen LogP contribution in [0.3, 0.4) is 0 Å². The number of hydrogen-bond acceptors (Lipinski definition) is 3. The topological polar surface area (TPSA) is 24.5 Å². The molecule has 1 aliphatic heterocycles. The Labute approximate surface area is 114 Å². The molecule has 0 aliphatic carbocycles. The second-order valence-electron chi connectivity index (χ2n) is 5.01. The molecule has 3 nitrogen and oxygen atoms in total. The molecule has 1 unspecified atom stereocenters. The highest BCUT2D eigenvalue weighted by atomic mass is 19.1. The zero-order chi connectivity index (χ0) is 13.7. The van der Waals surface area contributed by atoms with Gasteiger partial charge < -0.3 is 10.1 Å². The van der Waals surface area contributed by atoms with Crippen LogP contribution >= 0.6 is 0 Å². The van der Waals surface area contributed by atoms with E-state index in [2.05, 4.69) is 17.1 Å². The largest absolute Gasteiger partial charge is 0.497 e. The maximum absolute atomic E-state index is 13.8. The van der Waals surface area contributed by atoms with Crippen molar-refractivity contribution in [2.45, 2.75) is 32.4 Å². The van der Waals surface area contributed by atoms with Crippen LogP contribution in [0.5, 0.6) is 5.75 Å². The van der Waals surface area contributed by atoms with Gasteiger partial charge in [-0.15, -0.1) is 0 Å². The molecule has 0 spiro atoms. The van der Waals surface area contributed by atoms with Gasteiger partial charge in [-0.2, -0.15) is 0 Å². The number of likely N-dealkylation sites (N-methyl/N-ethyl adjacent to an activating group) is 1. The average Bonchev–Trinajstić information content (AvgIpc) is 2.88. The van der Waals surface area contributed by atoms with Crippen molar-refractivity contribution in [3.8, 4) is 5.75 Å². The first-order chi connectivity index (χ1) is 9.24. The predicted octanol–water partition coefficient (Wildman–Crippen LogP) is 2.41. The third-order valence-corrected chi connectivity index (χ3v) is 3.86. The van der Waals surface area contributed by atoms with Gasteiger partial charge in [0.1, 0.15) is 11.6 Å². The molecule has 2 rings (SSSR count). The fraction of sp³-hybridized carbons (Fsp3) is 0.600. The SMILES string of the molecule is CCN1CCCC1CNCc1ccc(OC)cc1F. The highest BCUT2D eigenvalue weighted by Gasteiger charge is 2.22. The van der Waals surface area contributed by atoms with Gasteiger partial charge >= 0.3 is 0 Å². The van der Waals surface area contributed by atoms with E-state index in [-0.39, 0.29) is 5.82 Å². The monoisotopic (exact) mass is 266 g/mol. The molecule has 1 aliphatic rings. The Balaban J connectivity index is 1.82. The normalized spacial score (nSPS) is 19.8. The molecule has 1 fully saturated rings. The first-order valence-electron chi connectivity index (χ1n) is 7.01. The van der Waals surface area contributed by atoms with E-state index < -0.39 is 0 Å². The first kappa shape index (κ1) is 14.3. The van der Waals surface area contributed by atoms with Crippen molar-refractivity contribution in [1.29, 1.82) is 0 Å². The molecule has 0 aromatic heterocycles. The predicted molar refractivity (Wildman–Crippen MR) is 74.9 cm³/mol. The van der Waals surface area contributed by atoms with Crippen molar-refractivity contribution in [1.82, 2.24) is 10.2 Å². The van der Waals surface area contributed by atoms with E-state index >= 15 is 0 Å². The summed E-state index contributed by atoms with van der Waals surface area (Å²) in [5.74, 6) is 0.361. The Kier molecular flexibility index (Phi) is 5.16. The summed E-state index contributed by atoms with van der Waals surface area (Å²) in [6.45, 7) is 5.99. The molecule has 1 saturated heterocycles. The Bertz CT molecular complexity index is 411. The summed E-state index contributed by atoms with van der Waals surface area (Å²) in [5.41, 5.74) is 0.696. The Morgan fingerprint density at radius 1 is 1.47 bits per heavy atom. The van der Waals surface area contributed by atoms with Crippen molar-refractivity contribution < 1.29 is 9.13 Å². The van der Waals surface area contributed by atoms with Crippen LogP contribution in [0.15, 0.2) is 18.2 Å². The maximum atomic E-state index is 13.8. The number of rotatable bonds is 6. The van der Waals surface area contributed by atoms with Gasteiger partial charge in [-0.3, -0.25) is 4.90 Å². The maximum Gasteiger partial charge on any atom is 0.131 e. The van der Waals surface area contributed by atoms with Crippen LogP contribution < -0.4 is 10.1 Å². The van der Waals surface area contributed by atoms with Crippen LogP contribution in [0.2, 0.25) is 0 Å². The van der Waals surface area contributed by atoms with Gasteiger partial charge in [0.15, 0.2) is 0 Å². The molecule has 4 heteroatoms. The van der Waals surface area contributed by atoms with E-state index in [1.165, 1.54) is 25.5 Å². The molecule has 0 radical (unpaired) electrons. The summed E-state index contributed by atoms with van der Waals surface area (Å²) >= 11 is 0. The molecule has 1 heterocycles. The number of halogens is 1. The number of methoxy groups -OCH3 is 1. The molecule has 0 bridgehead atoms. The third kappa shape index (κ3) is 3.67. The summed E-state index contributed by atoms with van der Waals surface area (Å²) in [4.78, 5) is 2.48. The van der Waals surface area contributed by atoms with E-state index in [1.54, 1.807) is 19.2 Å². The summed E-state index contributed by atoms with van der Waals surface area (Å²) in [5, 5.41) is 3.36. The Morgan fingerprint density at radius 3 is 3.00 bits per heavy atom. The van der Waals surface area contributed by atoms with Crippen molar-refractivity contribution in [2.24, 2.45) is 0 Å². The number of nitrogens with one attached hydrogen (secondary N) is 1. The standard InChI is InChI=1S/C15H23FN2O/c1-3-18-8-4-5-13(18)11-17-10-12-6-7-14(19-2)9-15(12)16/h6-7,9,13,17H,3-5,8,10-11H2,1-2H3. The van der Waals surface area contributed by atoms with Gasteiger partial charge in [0, 0.05) is 30.8 Å². The van der Waals surface area contributed by atoms with Crippen LogP contribution in [0.1, 0.15) is 25.3 Å². The fourth-order valence-corrected chi connectivity index (χ4v) is 2.71. The zero-order valence-corrected chi connectivity index (χ0v) is 11.8. The van der Waals surface area contributed by atoms with Crippen molar-refractivity contribution in [2.75, 3.05) is 26.7 Å². The van der Waals surface area contributed by atoms with Crippen LogP contribution in [0.4, 0.5) is 4.39 Å². The van der Waals surface area contributed by atoms with Crippen LogP contribution in [0, 0.1) is 5.82 Å². The summed E-state index contributed by atoms with van der Waals surface area (Å²) in [6.07, 6.45) is 2.52. The molecule has 0 amide bonds. The van der Waals surface area contributed by atoms with Gasteiger partial charge in [-0.1, -0.05) is 13.0 Å². The first-order valence-corrected chi connectivity index (χ1v) is 7.01. The molecular weight excluding hydrogens is 243 g/mol. The lowest BCUT2D eigenvalue weighted by Gasteiger charge is -2.23. The fourth-order valence-electron chi connectivity index (χ4n) is 2.71. The smallest absolute Gasteiger partial charge is 0.131 e. The molecule has 1 N–H and O–H groups in total. The molecule has 1 atom stereocenters. The van der Waals surface area contributed by atoms with Gasteiger partial charge in [0.25, 0.3) is 0 Å². The summed E-state index contributed by atoms with van der Waals surface area (Å²) in [6, 6.07) is 5.62. The molecule has 106 valence electrons. The lowest BCUT2D eigenvalue weighted by molar-refractivity contribution is 0.259. The number of likely N-dealkylation sites (tertiary alicyclic amines) is 1. The number of ether oxygens (including phenoxy) is 1. The number of benzene rings is 1. The average molecular weight is 266 g/mol. The molecule has 1 aromatic rings. The minimum absolute atomic E-state index is 0.203. The molecule has 1 aromatic carbocycles. The molecular formula is C15H23FN2O. The van der Waals surface area contributed by atoms with Gasteiger partial charge in [0.05, 0.1) is 7.11 Å². The van der Waals surface area contributed by atoms with Crippen LogP contribution in [-0.4, -0.2) is 37.7 Å². The van der Waals surface area contributed by atoms with Crippen LogP contribution in [0.25, 0.3) is 0 Å². The number of hydrogen-bond donors (Lipinski definition) is 1. The molecule has 0 saturated carbocycles. The van der Waals surface area contributed by atoms with Crippen LogP contribution in [-0.2, 0) is 6.54 Å². The Morgan fingerprint density at radius 2 is 2.32 bits per heavy atom. The highest BCUT2D eigenvalue weighted by Crippen LogP contribution is 2.17. The van der Waals surface area contributed by atoms with E-state index in [9.17, 15) is 4.39 Å². The van der Waals surface area contributed by atoms with Gasteiger partial charge in [-0.25, -0.2) is 4.39 Å². The van der Waals surface area contributed by atoms with Crippen molar-refractivity contribution in [3.63, 3.8) is 0 Å². The van der Waals surface area contributed by atoms with Crippen molar-refractivity contribution >= 4 is 0 Å². The summed E-state index contributed by atoms with van der Waals surface area (Å²) in [7, 11) is 1.55. The van der Waals surface area contributed by atoms with Gasteiger partial charge in [0.2, 0.25) is 0 Å². The minimum atomic E-state index is -0.203. The second kappa shape index (κ2) is 6.87. The summed E-state index contributed by atoms with van der Waals surface area (Å²) < 4.78 is 18.7. The lowest BCUT2D eigenvalue weighted by atomic mass is 10.2. The Hall–Kier alpha value is -1.13. The lowest BCUT2D eigenvalue weighted by Crippen LogP contribution is -2.37. The molecule has 19 heavy (non-hydrogen) atoms. The van der Waals surface area contributed by atoms with Crippen molar-refractivity contribution in [3.05, 3.63) is 29.6 Å². The minimum Gasteiger partial charge on any atom is -0.497 e. The van der Waals surface area contributed by atoms with E-state index in [0.29, 0.717) is 23.9 Å². The quantitative estimate of drug-likeness (QED) is 0.855. The third-order valence-electron chi connectivity index (χ3n) is 3.86. The van der Waals surface area contributed by atoms with E-state index in [4.69, 9.17) is 4.74 Å².